The second-order valence-electron chi connectivity index (χ2n) is 8.90. The van der Waals surface area contributed by atoms with Crippen molar-refractivity contribution in [2.75, 3.05) is 5.75 Å². The van der Waals surface area contributed by atoms with Gasteiger partial charge in [-0.2, -0.15) is 5.10 Å². The van der Waals surface area contributed by atoms with Gasteiger partial charge in [0, 0.05) is 17.7 Å². The van der Waals surface area contributed by atoms with Crippen molar-refractivity contribution >= 4 is 62.4 Å². The summed E-state index contributed by atoms with van der Waals surface area (Å²) in [6.07, 6.45) is 2.76. The summed E-state index contributed by atoms with van der Waals surface area (Å²) in [5, 5.41) is 22.1. The van der Waals surface area contributed by atoms with E-state index < -0.39 is 0 Å². The lowest BCUT2D eigenvalue weighted by atomic mass is 10.1. The Morgan fingerprint density at radius 1 is 1.11 bits per heavy atom. The van der Waals surface area contributed by atoms with E-state index in [1.165, 1.54) is 29.1 Å². The monoisotopic (exact) mass is 531 g/mol. The van der Waals surface area contributed by atoms with Crippen molar-refractivity contribution in [2.24, 2.45) is 10.2 Å². The molecule has 1 aliphatic rings. The number of nitrogens with zero attached hydrogens (tertiary/aromatic N) is 6. The molecule has 190 valence electrons. The summed E-state index contributed by atoms with van der Waals surface area (Å²) in [7, 11) is 0. The van der Waals surface area contributed by atoms with E-state index in [2.05, 4.69) is 68.4 Å². The molecule has 0 bridgehead atoms. The van der Waals surface area contributed by atoms with Crippen molar-refractivity contribution < 1.29 is 4.79 Å². The van der Waals surface area contributed by atoms with E-state index in [0.717, 1.165) is 52.7 Å². The number of amidine groups is 1. The molecule has 0 radical (unpaired) electrons. The number of nitrogens with one attached hydrogen (secondary N) is 1. The molecule has 8 nitrogen and oxygen atoms in total. The Bertz CT molecular complexity index is 1490. The van der Waals surface area contributed by atoms with E-state index >= 15 is 0 Å². The van der Waals surface area contributed by atoms with Crippen LogP contribution in [0.1, 0.15) is 44.2 Å². The third-order valence-corrected chi connectivity index (χ3v) is 8.31. The average molecular weight is 532 g/mol. The van der Waals surface area contributed by atoms with Crippen molar-refractivity contribution in [3.63, 3.8) is 0 Å². The maximum atomic E-state index is 13.1. The van der Waals surface area contributed by atoms with Crippen LogP contribution in [0.5, 0.6) is 0 Å². The second kappa shape index (κ2) is 11.4. The summed E-state index contributed by atoms with van der Waals surface area (Å²) in [6.45, 7) is 7.07. The lowest BCUT2D eigenvalue weighted by Gasteiger charge is -2.16. The van der Waals surface area contributed by atoms with Crippen LogP contribution in [0.15, 0.2) is 63.9 Å². The molecule has 2 aromatic heterocycles. The largest absolute Gasteiger partial charge is 0.324 e. The molecule has 1 atom stereocenters. The van der Waals surface area contributed by atoms with Crippen LogP contribution < -0.4 is 5.32 Å². The van der Waals surface area contributed by atoms with Crippen LogP contribution in [-0.2, 0) is 11.3 Å². The first-order valence-corrected chi connectivity index (χ1v) is 14.4. The number of hydrogen-bond donors (Lipinski definition) is 1. The van der Waals surface area contributed by atoms with Gasteiger partial charge >= 0.3 is 0 Å². The maximum absolute atomic E-state index is 13.1. The van der Waals surface area contributed by atoms with E-state index in [9.17, 15) is 4.79 Å². The Balaban J connectivity index is 1.32. The van der Waals surface area contributed by atoms with E-state index in [0.29, 0.717) is 22.5 Å². The minimum absolute atomic E-state index is 0.136. The van der Waals surface area contributed by atoms with Gasteiger partial charge in [0.2, 0.25) is 11.1 Å². The first-order valence-electron chi connectivity index (χ1n) is 12.5. The number of carbonyl (C=O) groups is 1. The van der Waals surface area contributed by atoms with Gasteiger partial charge in [-0.1, -0.05) is 91.8 Å². The summed E-state index contributed by atoms with van der Waals surface area (Å²) in [4.78, 5) is 17.9. The fourth-order valence-electron chi connectivity index (χ4n) is 4.17. The molecule has 0 unspecified atom stereocenters. The highest BCUT2D eigenvalue weighted by Crippen LogP contribution is 2.29. The average Bonchev–Trinajstić information content (AvgIpc) is 3.24. The van der Waals surface area contributed by atoms with Gasteiger partial charge in [0.25, 0.3) is 0 Å². The van der Waals surface area contributed by atoms with Crippen molar-refractivity contribution in [1.82, 2.24) is 25.1 Å². The molecule has 4 aromatic rings. The zero-order valence-corrected chi connectivity index (χ0v) is 22.8. The number of aromatic nitrogens is 4. The molecule has 0 aliphatic carbocycles. The van der Waals surface area contributed by atoms with E-state index in [-0.39, 0.29) is 11.2 Å². The van der Waals surface area contributed by atoms with Crippen LogP contribution >= 0.6 is 23.5 Å². The van der Waals surface area contributed by atoms with Crippen LogP contribution in [0.3, 0.4) is 0 Å². The minimum Gasteiger partial charge on any atom is -0.324 e. The van der Waals surface area contributed by atoms with Gasteiger partial charge in [0.05, 0.1) is 16.5 Å². The molecule has 1 amide bonds. The number of unbranched alkanes of at least 4 members (excludes halogenated alkanes) is 1. The zero-order valence-electron chi connectivity index (χ0n) is 21.1. The quantitative estimate of drug-likeness (QED) is 0.298. The number of thioether (sulfide) groups is 2. The van der Waals surface area contributed by atoms with Gasteiger partial charge in [0.15, 0.2) is 10.8 Å². The number of rotatable bonds is 8. The van der Waals surface area contributed by atoms with Crippen molar-refractivity contribution in [3.8, 4) is 0 Å². The van der Waals surface area contributed by atoms with Crippen LogP contribution in [0.25, 0.3) is 22.1 Å². The van der Waals surface area contributed by atoms with E-state index in [4.69, 9.17) is 4.98 Å². The third-order valence-electron chi connectivity index (χ3n) is 6.22. The molecule has 0 fully saturated rings. The van der Waals surface area contributed by atoms with Crippen molar-refractivity contribution in [1.29, 1.82) is 0 Å². The van der Waals surface area contributed by atoms with Gasteiger partial charge in [0.1, 0.15) is 5.52 Å². The number of fused-ring (bicyclic) bond motifs is 3. The Kier molecular flexibility index (Phi) is 7.85. The van der Waals surface area contributed by atoms with E-state index in [1.807, 2.05) is 31.2 Å². The van der Waals surface area contributed by atoms with Crippen LogP contribution in [0.2, 0.25) is 0 Å². The summed E-state index contributed by atoms with van der Waals surface area (Å²) >= 11 is 2.81. The van der Waals surface area contributed by atoms with Gasteiger partial charge in [-0.15, -0.1) is 15.3 Å². The molecule has 2 aromatic carbocycles. The number of amides is 1. The molecule has 0 saturated heterocycles. The SMILES string of the molecule is CCCCn1c2ccccc2c2nnc(S[C@@H](CC)C(=O)NC3=NN=C(c4ccc(C)cc4)CS3)nc21. The fourth-order valence-corrected chi connectivity index (χ4v) is 5.75. The number of hydrogen-bond acceptors (Lipinski definition) is 8. The summed E-state index contributed by atoms with van der Waals surface area (Å²) < 4.78 is 2.21. The molecule has 37 heavy (non-hydrogen) atoms. The Labute approximate surface area is 224 Å². The maximum Gasteiger partial charge on any atom is 0.239 e. The number of carbonyl (C=O) groups excluding carboxylic acids is 1. The highest BCUT2D eigenvalue weighted by Gasteiger charge is 2.24. The van der Waals surface area contributed by atoms with Crippen LogP contribution in [-0.4, -0.2) is 47.5 Å². The Hall–Kier alpha value is -3.24. The first kappa shape index (κ1) is 25.4. The van der Waals surface area contributed by atoms with Gasteiger partial charge in [-0.3, -0.25) is 4.79 Å². The number of aryl methyl sites for hydroxylation is 2. The molecular formula is C27H29N7OS2. The van der Waals surface area contributed by atoms with Crippen molar-refractivity contribution in [2.45, 2.75) is 57.0 Å². The predicted octanol–water partition coefficient (Wildman–Crippen LogP) is 5.58. The standard InChI is InChI=1S/C27H29N7OS2/c1-4-6-15-34-21-10-8-7-9-19(21)23-24(34)28-27(33-31-23)37-22(5-2)25(35)29-26-32-30-20(16-36-26)18-13-11-17(3)12-14-18/h7-14,22H,4-6,15-16H2,1-3H3,(H,29,32,35)/t22-/m0/s1. The normalized spacial score (nSPS) is 14.5. The lowest BCUT2D eigenvalue weighted by Crippen LogP contribution is -2.37. The summed E-state index contributed by atoms with van der Waals surface area (Å²) in [5.74, 6) is 0.515. The molecule has 1 N–H and O–H groups in total. The highest BCUT2D eigenvalue weighted by atomic mass is 32.2. The zero-order chi connectivity index (χ0) is 25.8. The minimum atomic E-state index is -0.376. The van der Waals surface area contributed by atoms with E-state index in [1.54, 1.807) is 0 Å². The molecule has 10 heteroatoms. The highest BCUT2D eigenvalue weighted by molar-refractivity contribution is 8.14. The Morgan fingerprint density at radius 2 is 1.92 bits per heavy atom. The molecule has 0 saturated carbocycles. The molecule has 0 spiro atoms. The van der Waals surface area contributed by atoms with Crippen LogP contribution in [0.4, 0.5) is 0 Å². The summed E-state index contributed by atoms with van der Waals surface area (Å²) in [6, 6.07) is 16.4. The van der Waals surface area contributed by atoms with Crippen LogP contribution in [0, 0.1) is 6.92 Å². The van der Waals surface area contributed by atoms with Crippen molar-refractivity contribution in [3.05, 3.63) is 59.7 Å². The predicted molar refractivity (Wildman–Crippen MR) is 153 cm³/mol. The fraction of sp³-hybridized carbons (Fsp3) is 0.333. The molecular weight excluding hydrogens is 502 g/mol. The number of benzene rings is 2. The molecule has 3 heterocycles. The third kappa shape index (κ3) is 5.55. The Morgan fingerprint density at radius 3 is 2.65 bits per heavy atom. The summed E-state index contributed by atoms with van der Waals surface area (Å²) in [5.41, 5.74) is 5.86. The second-order valence-corrected chi connectivity index (χ2v) is 11.0. The lowest BCUT2D eigenvalue weighted by molar-refractivity contribution is -0.119. The smallest absolute Gasteiger partial charge is 0.239 e. The van der Waals surface area contributed by atoms with Gasteiger partial charge < -0.3 is 9.88 Å². The first-order chi connectivity index (χ1) is 18.1. The molecule has 1 aliphatic heterocycles. The number of para-hydroxylation sites is 1. The van der Waals surface area contributed by atoms with Gasteiger partial charge in [-0.05, 0) is 31.4 Å². The van der Waals surface area contributed by atoms with Gasteiger partial charge in [-0.25, -0.2) is 4.98 Å². The molecule has 5 rings (SSSR count). The topological polar surface area (TPSA) is 97.4 Å².